The highest BCUT2D eigenvalue weighted by Gasteiger charge is 2.18. The molecule has 0 spiro atoms. The van der Waals surface area contributed by atoms with Crippen LogP contribution in [-0.2, 0) is 10.0 Å². The predicted molar refractivity (Wildman–Crippen MR) is 129 cm³/mol. The van der Waals surface area contributed by atoms with Gasteiger partial charge in [-0.2, -0.15) is 0 Å². The number of carbonyl (C=O) groups is 1. The molecule has 3 aromatic carbocycles. The Morgan fingerprint density at radius 1 is 0.939 bits per heavy atom. The monoisotopic (exact) mass is 483 g/mol. The zero-order chi connectivity index (χ0) is 23.6. The van der Waals surface area contributed by atoms with Gasteiger partial charge in [0, 0.05) is 11.6 Å². The van der Waals surface area contributed by atoms with E-state index in [9.17, 15) is 13.2 Å². The summed E-state index contributed by atoms with van der Waals surface area (Å²) in [5.74, 6) is 0.480. The van der Waals surface area contributed by atoms with Crippen molar-refractivity contribution in [2.75, 3.05) is 24.3 Å². The third kappa shape index (κ3) is 4.91. The summed E-state index contributed by atoms with van der Waals surface area (Å²) in [7, 11) is -0.956. The first kappa shape index (κ1) is 22.6. The number of anilines is 2. The first-order chi connectivity index (χ1) is 15.8. The topological polar surface area (TPSA) is 107 Å². The summed E-state index contributed by atoms with van der Waals surface area (Å²) in [5.41, 5.74) is 2.50. The molecule has 0 atom stereocenters. The van der Waals surface area contributed by atoms with Crippen LogP contribution in [0.5, 0.6) is 11.5 Å². The van der Waals surface area contributed by atoms with E-state index in [2.05, 4.69) is 15.0 Å². The molecular weight excluding hydrogens is 462 g/mol. The zero-order valence-electron chi connectivity index (χ0n) is 18.1. The highest BCUT2D eigenvalue weighted by molar-refractivity contribution is 7.92. The van der Waals surface area contributed by atoms with Crippen molar-refractivity contribution in [2.24, 2.45) is 0 Å². The predicted octanol–water partition coefficient (Wildman–Crippen LogP) is 4.68. The average Bonchev–Trinajstić information content (AvgIpc) is 3.20. The molecule has 0 fully saturated rings. The first-order valence-electron chi connectivity index (χ1n) is 9.82. The molecule has 33 heavy (non-hydrogen) atoms. The van der Waals surface area contributed by atoms with E-state index in [-0.39, 0.29) is 10.8 Å². The third-order valence-electron chi connectivity index (χ3n) is 4.84. The normalized spacial score (nSPS) is 11.2. The van der Waals surface area contributed by atoms with E-state index in [1.165, 1.54) is 43.8 Å². The fourth-order valence-electron chi connectivity index (χ4n) is 3.12. The van der Waals surface area contributed by atoms with Crippen molar-refractivity contribution in [3.05, 3.63) is 71.8 Å². The highest BCUT2D eigenvalue weighted by Crippen LogP contribution is 2.32. The number of fused-ring (bicyclic) bond motifs is 1. The van der Waals surface area contributed by atoms with Gasteiger partial charge in [0.05, 0.1) is 35.0 Å². The van der Waals surface area contributed by atoms with Crippen LogP contribution in [0.25, 0.3) is 10.2 Å². The lowest BCUT2D eigenvalue weighted by Gasteiger charge is -2.11. The number of amides is 1. The highest BCUT2D eigenvalue weighted by atomic mass is 32.2. The van der Waals surface area contributed by atoms with Crippen LogP contribution in [0.2, 0.25) is 0 Å². The van der Waals surface area contributed by atoms with Crippen LogP contribution in [0.3, 0.4) is 0 Å². The number of nitrogens with one attached hydrogen (secondary N) is 2. The summed E-state index contributed by atoms with van der Waals surface area (Å²) in [4.78, 5) is 16.9. The molecule has 1 amide bonds. The van der Waals surface area contributed by atoms with Crippen LogP contribution < -0.4 is 19.5 Å². The van der Waals surface area contributed by atoms with Crippen LogP contribution in [-0.4, -0.2) is 33.5 Å². The molecule has 0 saturated carbocycles. The second-order valence-corrected chi connectivity index (χ2v) is 9.86. The summed E-state index contributed by atoms with van der Waals surface area (Å²) < 4.78 is 39.4. The Hall–Kier alpha value is -3.63. The first-order valence-corrected chi connectivity index (χ1v) is 12.1. The average molecular weight is 484 g/mol. The van der Waals surface area contributed by atoms with Gasteiger partial charge in [0.2, 0.25) is 0 Å². The van der Waals surface area contributed by atoms with E-state index in [0.29, 0.717) is 33.4 Å². The Kier molecular flexibility index (Phi) is 6.21. The molecule has 0 saturated heterocycles. The number of sulfonamides is 1. The number of aromatic nitrogens is 1. The number of aryl methyl sites for hydroxylation is 1. The van der Waals surface area contributed by atoms with Crippen molar-refractivity contribution in [1.29, 1.82) is 0 Å². The van der Waals surface area contributed by atoms with Gasteiger partial charge in [-0.25, -0.2) is 13.4 Å². The van der Waals surface area contributed by atoms with Gasteiger partial charge < -0.3 is 9.47 Å². The summed E-state index contributed by atoms with van der Waals surface area (Å²) in [6, 6.07) is 16.6. The Morgan fingerprint density at radius 3 is 2.36 bits per heavy atom. The number of thiazole rings is 1. The lowest BCUT2D eigenvalue weighted by molar-refractivity contribution is 0.102. The van der Waals surface area contributed by atoms with Crippen molar-refractivity contribution >= 4 is 48.3 Å². The van der Waals surface area contributed by atoms with Crippen molar-refractivity contribution in [2.45, 2.75) is 11.8 Å². The van der Waals surface area contributed by atoms with E-state index >= 15 is 0 Å². The van der Waals surface area contributed by atoms with Gasteiger partial charge in [0.1, 0.15) is 0 Å². The van der Waals surface area contributed by atoms with Crippen LogP contribution in [0, 0.1) is 6.92 Å². The minimum absolute atomic E-state index is 0.0320. The molecule has 1 heterocycles. The van der Waals surface area contributed by atoms with Gasteiger partial charge in [-0.15, -0.1) is 0 Å². The molecule has 0 bridgehead atoms. The van der Waals surface area contributed by atoms with Gasteiger partial charge in [0.25, 0.3) is 15.9 Å². The Morgan fingerprint density at radius 2 is 1.67 bits per heavy atom. The SMILES string of the molecule is COc1ccc(S(=O)(=O)Nc2ccc3sc(NC(=O)c4ccc(C)cc4)nc3c2)cc1OC. The number of hydrogen-bond donors (Lipinski definition) is 2. The fraction of sp³-hybridized carbons (Fsp3) is 0.130. The number of methoxy groups -OCH3 is 2. The maximum Gasteiger partial charge on any atom is 0.262 e. The Labute approximate surface area is 195 Å². The van der Waals surface area contributed by atoms with Gasteiger partial charge in [-0.05, 0) is 49.4 Å². The summed E-state index contributed by atoms with van der Waals surface area (Å²) in [5, 5.41) is 3.21. The Bertz CT molecular complexity index is 1430. The quantitative estimate of drug-likeness (QED) is 0.395. The molecule has 170 valence electrons. The molecule has 2 N–H and O–H groups in total. The van der Waals surface area contributed by atoms with E-state index in [0.717, 1.165) is 10.3 Å². The van der Waals surface area contributed by atoms with Crippen LogP contribution in [0.4, 0.5) is 10.8 Å². The minimum Gasteiger partial charge on any atom is -0.493 e. The lowest BCUT2D eigenvalue weighted by Crippen LogP contribution is -2.13. The van der Waals surface area contributed by atoms with Crippen LogP contribution >= 0.6 is 11.3 Å². The van der Waals surface area contributed by atoms with Gasteiger partial charge in [-0.1, -0.05) is 29.0 Å². The number of carbonyl (C=O) groups excluding carboxylic acids is 1. The number of rotatable bonds is 7. The molecule has 0 aliphatic carbocycles. The van der Waals surface area contributed by atoms with Crippen molar-refractivity contribution < 1.29 is 22.7 Å². The summed E-state index contributed by atoms with van der Waals surface area (Å²) in [6.07, 6.45) is 0. The standard InChI is InChI=1S/C23H21N3O5S2/c1-14-4-6-15(7-5-14)22(27)25-23-24-18-12-16(8-11-21(18)32-23)26-33(28,29)17-9-10-19(30-2)20(13-17)31-3/h4-13,26H,1-3H3,(H,24,25,27). The van der Waals surface area contributed by atoms with Crippen molar-refractivity contribution in [1.82, 2.24) is 4.98 Å². The Balaban J connectivity index is 1.54. The van der Waals surface area contributed by atoms with E-state index in [1.54, 1.807) is 30.3 Å². The minimum atomic E-state index is -3.87. The number of ether oxygens (including phenoxy) is 2. The van der Waals surface area contributed by atoms with Crippen molar-refractivity contribution in [3.63, 3.8) is 0 Å². The molecule has 0 unspecified atom stereocenters. The van der Waals surface area contributed by atoms with Crippen molar-refractivity contribution in [3.8, 4) is 11.5 Å². The zero-order valence-corrected chi connectivity index (χ0v) is 19.7. The second kappa shape index (κ2) is 9.08. The van der Waals surface area contributed by atoms with E-state index in [1.807, 2.05) is 19.1 Å². The molecule has 4 rings (SSSR count). The second-order valence-electron chi connectivity index (χ2n) is 7.14. The molecule has 10 heteroatoms. The van der Waals surface area contributed by atoms with Crippen LogP contribution in [0.1, 0.15) is 15.9 Å². The van der Waals surface area contributed by atoms with Gasteiger partial charge in [0.15, 0.2) is 16.6 Å². The largest absolute Gasteiger partial charge is 0.493 e. The molecular formula is C23H21N3O5S2. The molecule has 4 aromatic rings. The lowest BCUT2D eigenvalue weighted by atomic mass is 10.1. The molecule has 0 radical (unpaired) electrons. The number of hydrogen-bond acceptors (Lipinski definition) is 7. The van der Waals surface area contributed by atoms with E-state index < -0.39 is 10.0 Å². The fourth-order valence-corrected chi connectivity index (χ4v) is 5.02. The van der Waals surface area contributed by atoms with Crippen LogP contribution in [0.15, 0.2) is 65.6 Å². The van der Waals surface area contributed by atoms with Gasteiger partial charge in [-0.3, -0.25) is 14.8 Å². The molecule has 0 aliphatic heterocycles. The van der Waals surface area contributed by atoms with Gasteiger partial charge >= 0.3 is 0 Å². The maximum absolute atomic E-state index is 12.9. The third-order valence-corrected chi connectivity index (χ3v) is 7.17. The molecule has 0 aliphatic rings. The summed E-state index contributed by atoms with van der Waals surface area (Å²) in [6.45, 7) is 1.95. The molecule has 8 nitrogen and oxygen atoms in total. The van der Waals surface area contributed by atoms with E-state index in [4.69, 9.17) is 9.47 Å². The number of nitrogens with zero attached hydrogens (tertiary/aromatic N) is 1. The molecule has 1 aromatic heterocycles. The maximum atomic E-state index is 12.9. The summed E-state index contributed by atoms with van der Waals surface area (Å²) >= 11 is 1.30. The smallest absolute Gasteiger partial charge is 0.262 e. The number of benzene rings is 3.